The Kier molecular flexibility index (Phi) is 11.7. The molecule has 1 aromatic heterocycles. The zero-order valence-corrected chi connectivity index (χ0v) is 27.2. The first kappa shape index (κ1) is 34.4. The second kappa shape index (κ2) is 15.7. The molecule has 2 aromatic carbocycles. The van der Waals surface area contributed by atoms with Gasteiger partial charge in [-0.25, -0.2) is 4.98 Å². The SMILES string of the molecule is CC(C)C[C@@H](NC(=O)[C@H](NC(=O)COc1ccc(O)cc1)C(C)C)C(=O)N[C@H](C[C@H]1CCNC1=O)C(=O)c1nc2ccccc2s1. The van der Waals surface area contributed by atoms with E-state index in [1.54, 1.807) is 19.9 Å². The van der Waals surface area contributed by atoms with E-state index in [2.05, 4.69) is 26.3 Å². The van der Waals surface area contributed by atoms with E-state index in [9.17, 15) is 29.1 Å². The Balaban J connectivity index is 1.47. The number of hydrogen-bond acceptors (Lipinski definition) is 9. The molecule has 0 aliphatic carbocycles. The molecule has 13 heteroatoms. The Morgan fingerprint density at radius 2 is 1.67 bits per heavy atom. The van der Waals surface area contributed by atoms with Crippen LogP contribution in [-0.4, -0.2) is 70.8 Å². The van der Waals surface area contributed by atoms with Gasteiger partial charge in [0.15, 0.2) is 11.6 Å². The summed E-state index contributed by atoms with van der Waals surface area (Å²) in [7, 11) is 0. The number of ether oxygens (including phenoxy) is 1. The fraction of sp³-hybridized carbons (Fsp3) is 0.455. The first-order valence-corrected chi connectivity index (χ1v) is 16.2. The Bertz CT molecular complexity index is 1520. The fourth-order valence-electron chi connectivity index (χ4n) is 5.19. The molecule has 1 aliphatic heterocycles. The summed E-state index contributed by atoms with van der Waals surface area (Å²) < 4.78 is 6.28. The second-order valence-corrected chi connectivity index (χ2v) is 13.2. The molecule has 4 atom stereocenters. The molecule has 0 unspecified atom stereocenters. The van der Waals surface area contributed by atoms with Crippen LogP contribution in [0.2, 0.25) is 0 Å². The highest BCUT2D eigenvalue weighted by Crippen LogP contribution is 2.25. The molecular formula is C33H41N5O7S. The van der Waals surface area contributed by atoms with Crippen molar-refractivity contribution in [3.8, 4) is 11.5 Å². The van der Waals surface area contributed by atoms with Gasteiger partial charge in [-0.05, 0) is 67.5 Å². The van der Waals surface area contributed by atoms with Crippen LogP contribution in [-0.2, 0) is 19.2 Å². The van der Waals surface area contributed by atoms with Crippen LogP contribution in [0.1, 0.15) is 56.8 Å². The normalized spacial score (nSPS) is 16.5. The van der Waals surface area contributed by atoms with Gasteiger partial charge in [-0.1, -0.05) is 39.8 Å². The lowest BCUT2D eigenvalue weighted by molar-refractivity contribution is -0.134. The maximum atomic E-state index is 13.8. The van der Waals surface area contributed by atoms with E-state index in [1.165, 1.54) is 35.6 Å². The van der Waals surface area contributed by atoms with Crippen molar-refractivity contribution in [1.82, 2.24) is 26.3 Å². The smallest absolute Gasteiger partial charge is 0.258 e. The molecule has 1 saturated heterocycles. The monoisotopic (exact) mass is 651 g/mol. The van der Waals surface area contributed by atoms with Crippen molar-refractivity contribution in [2.24, 2.45) is 17.8 Å². The number of para-hydroxylation sites is 1. The van der Waals surface area contributed by atoms with Crippen LogP contribution in [0, 0.1) is 17.8 Å². The molecule has 4 amide bonds. The van der Waals surface area contributed by atoms with Crippen LogP contribution in [0.5, 0.6) is 11.5 Å². The first-order chi connectivity index (χ1) is 21.9. The van der Waals surface area contributed by atoms with Crippen LogP contribution >= 0.6 is 11.3 Å². The number of phenolic OH excluding ortho intramolecular Hbond substituents is 1. The van der Waals surface area contributed by atoms with Gasteiger partial charge < -0.3 is 31.1 Å². The van der Waals surface area contributed by atoms with Gasteiger partial charge in [0, 0.05) is 12.5 Å². The van der Waals surface area contributed by atoms with Crippen molar-refractivity contribution in [2.45, 2.75) is 65.1 Å². The maximum absolute atomic E-state index is 13.8. The molecule has 46 heavy (non-hydrogen) atoms. The van der Waals surface area contributed by atoms with E-state index in [0.29, 0.717) is 24.2 Å². The number of nitrogens with zero attached hydrogens (tertiary/aromatic N) is 1. The number of ketones is 1. The van der Waals surface area contributed by atoms with Crippen LogP contribution in [0.15, 0.2) is 48.5 Å². The molecule has 5 N–H and O–H groups in total. The van der Waals surface area contributed by atoms with Crippen molar-refractivity contribution < 1.29 is 33.8 Å². The number of rotatable bonds is 15. The summed E-state index contributed by atoms with van der Waals surface area (Å²) in [5.41, 5.74) is 0.666. The predicted molar refractivity (Wildman–Crippen MR) is 173 cm³/mol. The van der Waals surface area contributed by atoms with E-state index in [4.69, 9.17) is 4.74 Å². The van der Waals surface area contributed by atoms with Crippen molar-refractivity contribution in [1.29, 1.82) is 0 Å². The van der Waals surface area contributed by atoms with Crippen LogP contribution in [0.3, 0.4) is 0 Å². The van der Waals surface area contributed by atoms with Crippen LogP contribution < -0.4 is 26.0 Å². The van der Waals surface area contributed by atoms with Gasteiger partial charge in [-0.2, -0.15) is 0 Å². The van der Waals surface area contributed by atoms with Gasteiger partial charge in [-0.3, -0.25) is 24.0 Å². The minimum absolute atomic E-state index is 0.000809. The molecule has 0 bridgehead atoms. The topological polar surface area (TPSA) is 176 Å². The third kappa shape index (κ3) is 9.25. The molecule has 0 spiro atoms. The number of phenols is 1. The summed E-state index contributed by atoms with van der Waals surface area (Å²) in [5.74, 6) is -2.58. The quantitative estimate of drug-likeness (QED) is 0.156. The maximum Gasteiger partial charge on any atom is 0.258 e. The number of thiazole rings is 1. The largest absolute Gasteiger partial charge is 0.508 e. The summed E-state index contributed by atoms with van der Waals surface area (Å²) in [6, 6.07) is 10.2. The standard InChI is InChI=1S/C33H41N5O7S/c1-18(2)15-25(36-32(44)28(19(3)4)38-27(40)17-45-22-11-9-21(39)10-12-22)31(43)35-24(16-20-13-14-34-30(20)42)29(41)33-37-23-7-5-6-8-26(23)46-33/h5-12,18-20,24-25,28,39H,13-17H2,1-4H3,(H,34,42)(H,35,43)(H,36,44)(H,38,40)/t20-,24-,25-,28-/m1/s1. The number of benzene rings is 2. The van der Waals surface area contributed by atoms with Crippen molar-refractivity contribution >= 4 is 51.0 Å². The van der Waals surface area contributed by atoms with Gasteiger partial charge in [0.1, 0.15) is 23.6 Å². The molecule has 0 saturated carbocycles. The van der Waals surface area contributed by atoms with Crippen molar-refractivity contribution in [3.63, 3.8) is 0 Å². The average Bonchev–Trinajstić information content (AvgIpc) is 3.63. The minimum Gasteiger partial charge on any atom is -0.508 e. The lowest BCUT2D eigenvalue weighted by Crippen LogP contribution is -2.57. The Labute approximate surface area is 271 Å². The number of aromatic hydroxyl groups is 1. The average molecular weight is 652 g/mol. The minimum atomic E-state index is -1.04. The van der Waals surface area contributed by atoms with Gasteiger partial charge in [-0.15, -0.1) is 11.3 Å². The number of hydrogen-bond donors (Lipinski definition) is 5. The summed E-state index contributed by atoms with van der Waals surface area (Å²) >= 11 is 1.22. The first-order valence-electron chi connectivity index (χ1n) is 15.4. The molecule has 246 valence electrons. The highest BCUT2D eigenvalue weighted by atomic mass is 32.1. The third-order valence-corrected chi connectivity index (χ3v) is 8.68. The number of carbonyl (C=O) groups is 5. The molecule has 3 aromatic rings. The van der Waals surface area contributed by atoms with Gasteiger partial charge in [0.05, 0.1) is 16.3 Å². The number of Topliss-reactive ketones (excluding diaryl/α,β-unsaturated/α-hetero) is 1. The Hall–Kier alpha value is -4.52. The van der Waals surface area contributed by atoms with Crippen molar-refractivity contribution in [3.05, 3.63) is 53.5 Å². The van der Waals surface area contributed by atoms with Gasteiger partial charge in [0.2, 0.25) is 23.5 Å². The lowest BCUT2D eigenvalue weighted by atomic mass is 9.94. The number of aromatic nitrogens is 1. The highest BCUT2D eigenvalue weighted by Gasteiger charge is 2.36. The van der Waals surface area contributed by atoms with Gasteiger partial charge >= 0.3 is 0 Å². The van der Waals surface area contributed by atoms with E-state index >= 15 is 0 Å². The molecule has 1 aliphatic rings. The Morgan fingerprint density at radius 3 is 2.30 bits per heavy atom. The molecular weight excluding hydrogens is 610 g/mol. The predicted octanol–water partition coefficient (Wildman–Crippen LogP) is 2.95. The summed E-state index contributed by atoms with van der Waals surface area (Å²) in [6.45, 7) is 7.47. The van der Waals surface area contributed by atoms with Crippen LogP contribution in [0.25, 0.3) is 10.2 Å². The van der Waals surface area contributed by atoms with Gasteiger partial charge in [0.25, 0.3) is 5.91 Å². The van der Waals surface area contributed by atoms with E-state index < -0.39 is 47.5 Å². The second-order valence-electron chi connectivity index (χ2n) is 12.2. The van der Waals surface area contributed by atoms with E-state index in [-0.39, 0.29) is 47.9 Å². The number of amides is 4. The molecule has 12 nitrogen and oxygen atoms in total. The molecule has 0 radical (unpaired) electrons. The summed E-state index contributed by atoms with van der Waals surface area (Å²) in [6.07, 6.45) is 0.906. The fourth-order valence-corrected chi connectivity index (χ4v) is 6.15. The highest BCUT2D eigenvalue weighted by molar-refractivity contribution is 7.20. The zero-order valence-electron chi connectivity index (χ0n) is 26.4. The number of fused-ring (bicyclic) bond motifs is 1. The number of nitrogens with one attached hydrogen (secondary N) is 4. The Morgan fingerprint density at radius 1 is 0.978 bits per heavy atom. The zero-order chi connectivity index (χ0) is 33.4. The molecule has 1 fully saturated rings. The van der Waals surface area contributed by atoms with Crippen molar-refractivity contribution in [2.75, 3.05) is 13.2 Å². The molecule has 2 heterocycles. The van der Waals surface area contributed by atoms with E-state index in [1.807, 2.05) is 32.0 Å². The third-order valence-electron chi connectivity index (χ3n) is 7.63. The summed E-state index contributed by atoms with van der Waals surface area (Å²) in [4.78, 5) is 70.6. The number of carbonyl (C=O) groups excluding carboxylic acids is 5. The van der Waals surface area contributed by atoms with Crippen LogP contribution in [0.4, 0.5) is 0 Å². The lowest BCUT2D eigenvalue weighted by Gasteiger charge is -2.27. The van der Waals surface area contributed by atoms with E-state index in [0.717, 1.165) is 4.70 Å². The summed E-state index contributed by atoms with van der Waals surface area (Å²) in [5, 5.41) is 20.7. The molecule has 4 rings (SSSR count).